The van der Waals surface area contributed by atoms with Crippen LogP contribution in [-0.4, -0.2) is 87.2 Å². The Labute approximate surface area is 191 Å². The van der Waals surface area contributed by atoms with E-state index in [2.05, 4.69) is 32.0 Å². The average Bonchev–Trinajstić information content (AvgIpc) is 2.73. The molecule has 0 bridgehead atoms. The first kappa shape index (κ1) is 24.1. The Kier molecular flexibility index (Phi) is 9.41. The standard InChI is InChI=1S/C19H32N6O2S.HI/c1-17-6-10-24(11-7-17)19(20-2)22-9-16-28(26,27)25-14-12-23(13-15-25)18-5-3-4-8-21-18;/h3-5,8,17H,6-7,9-16H2,1-2H3,(H,20,22);1H. The van der Waals surface area contributed by atoms with Crippen molar-refractivity contribution >= 4 is 45.8 Å². The number of hydrogen-bond donors (Lipinski definition) is 1. The van der Waals surface area contributed by atoms with Gasteiger partial charge in [0.25, 0.3) is 0 Å². The summed E-state index contributed by atoms with van der Waals surface area (Å²) < 4.78 is 27.0. The number of aliphatic imine (C=N–C) groups is 1. The van der Waals surface area contributed by atoms with Crippen molar-refractivity contribution in [3.8, 4) is 0 Å². The van der Waals surface area contributed by atoms with E-state index in [1.54, 1.807) is 17.5 Å². The molecule has 2 aliphatic rings. The first-order valence-corrected chi connectivity index (χ1v) is 11.7. The molecule has 1 aromatic rings. The molecular weight excluding hydrogens is 503 g/mol. The maximum atomic E-state index is 12.7. The fourth-order valence-electron chi connectivity index (χ4n) is 3.71. The van der Waals surface area contributed by atoms with Gasteiger partial charge in [-0.1, -0.05) is 13.0 Å². The van der Waals surface area contributed by atoms with Gasteiger partial charge in [0.2, 0.25) is 10.0 Å². The van der Waals surface area contributed by atoms with Gasteiger partial charge in [0.1, 0.15) is 5.82 Å². The van der Waals surface area contributed by atoms with E-state index < -0.39 is 10.0 Å². The number of pyridine rings is 1. The maximum Gasteiger partial charge on any atom is 0.215 e. The van der Waals surface area contributed by atoms with Gasteiger partial charge in [0.05, 0.1) is 5.75 Å². The molecule has 1 N–H and O–H groups in total. The third kappa shape index (κ3) is 6.68. The molecule has 0 atom stereocenters. The molecule has 2 saturated heterocycles. The number of sulfonamides is 1. The van der Waals surface area contributed by atoms with Crippen molar-refractivity contribution in [2.75, 3.05) is 63.5 Å². The normalized spacial score (nSPS) is 19.7. The molecule has 164 valence electrons. The molecule has 3 heterocycles. The van der Waals surface area contributed by atoms with E-state index >= 15 is 0 Å². The summed E-state index contributed by atoms with van der Waals surface area (Å²) in [7, 11) is -1.53. The summed E-state index contributed by atoms with van der Waals surface area (Å²) in [6.07, 6.45) is 4.07. The first-order valence-electron chi connectivity index (χ1n) is 10.1. The molecule has 0 aliphatic carbocycles. The van der Waals surface area contributed by atoms with Crippen molar-refractivity contribution < 1.29 is 8.42 Å². The van der Waals surface area contributed by atoms with Crippen LogP contribution in [-0.2, 0) is 10.0 Å². The number of likely N-dealkylation sites (tertiary alicyclic amines) is 1. The zero-order chi connectivity index (χ0) is 20.0. The number of guanidine groups is 1. The number of nitrogens with zero attached hydrogens (tertiary/aromatic N) is 5. The van der Waals surface area contributed by atoms with Crippen LogP contribution in [0.5, 0.6) is 0 Å². The van der Waals surface area contributed by atoms with Gasteiger partial charge in [-0.25, -0.2) is 13.4 Å². The van der Waals surface area contributed by atoms with Gasteiger partial charge in [0, 0.05) is 59.1 Å². The third-order valence-electron chi connectivity index (χ3n) is 5.54. The highest BCUT2D eigenvalue weighted by Crippen LogP contribution is 2.16. The van der Waals surface area contributed by atoms with Crippen LogP contribution in [0.2, 0.25) is 0 Å². The number of piperazine rings is 1. The second-order valence-electron chi connectivity index (χ2n) is 7.53. The Morgan fingerprint density at radius 3 is 2.45 bits per heavy atom. The second-order valence-corrected chi connectivity index (χ2v) is 9.62. The molecule has 2 fully saturated rings. The highest BCUT2D eigenvalue weighted by atomic mass is 127. The third-order valence-corrected chi connectivity index (χ3v) is 7.42. The summed E-state index contributed by atoms with van der Waals surface area (Å²) in [6, 6.07) is 5.80. The molecule has 8 nitrogen and oxygen atoms in total. The molecule has 10 heteroatoms. The van der Waals surface area contributed by atoms with Gasteiger partial charge in [-0.05, 0) is 30.9 Å². The monoisotopic (exact) mass is 536 g/mol. The topological polar surface area (TPSA) is 81.1 Å². The fraction of sp³-hybridized carbons (Fsp3) is 0.684. The van der Waals surface area contributed by atoms with Gasteiger partial charge >= 0.3 is 0 Å². The summed E-state index contributed by atoms with van der Waals surface area (Å²) >= 11 is 0. The molecule has 0 aromatic carbocycles. The number of nitrogens with one attached hydrogen (secondary N) is 1. The van der Waals surface area contributed by atoms with E-state index in [9.17, 15) is 8.42 Å². The summed E-state index contributed by atoms with van der Waals surface area (Å²) in [5, 5.41) is 3.23. The Bertz CT molecular complexity index is 745. The summed E-state index contributed by atoms with van der Waals surface area (Å²) in [6.45, 7) is 6.92. The number of hydrogen-bond acceptors (Lipinski definition) is 5. The average molecular weight is 536 g/mol. The minimum atomic E-state index is -3.28. The lowest BCUT2D eigenvalue weighted by Crippen LogP contribution is -2.51. The van der Waals surface area contributed by atoms with Crippen LogP contribution in [0.15, 0.2) is 29.4 Å². The van der Waals surface area contributed by atoms with Crippen molar-refractivity contribution in [2.45, 2.75) is 19.8 Å². The first-order chi connectivity index (χ1) is 13.5. The van der Waals surface area contributed by atoms with Crippen LogP contribution in [0.25, 0.3) is 0 Å². The lowest BCUT2D eigenvalue weighted by Gasteiger charge is -2.35. The van der Waals surface area contributed by atoms with Crippen LogP contribution in [0.4, 0.5) is 5.82 Å². The highest BCUT2D eigenvalue weighted by molar-refractivity contribution is 14.0. The van der Waals surface area contributed by atoms with E-state index in [0.717, 1.165) is 43.6 Å². The van der Waals surface area contributed by atoms with Gasteiger partial charge in [-0.15, -0.1) is 24.0 Å². The summed E-state index contributed by atoms with van der Waals surface area (Å²) in [5.41, 5.74) is 0. The number of aromatic nitrogens is 1. The zero-order valence-electron chi connectivity index (χ0n) is 17.3. The minimum absolute atomic E-state index is 0. The van der Waals surface area contributed by atoms with Crippen molar-refractivity contribution in [1.82, 2.24) is 19.5 Å². The minimum Gasteiger partial charge on any atom is -0.355 e. The van der Waals surface area contributed by atoms with Gasteiger partial charge in [0.15, 0.2) is 5.96 Å². The van der Waals surface area contributed by atoms with Crippen molar-refractivity contribution in [2.24, 2.45) is 10.9 Å². The molecule has 0 amide bonds. The summed E-state index contributed by atoms with van der Waals surface area (Å²) in [5.74, 6) is 2.54. The van der Waals surface area contributed by atoms with Crippen molar-refractivity contribution in [1.29, 1.82) is 0 Å². The highest BCUT2D eigenvalue weighted by Gasteiger charge is 2.27. The Morgan fingerprint density at radius 2 is 1.86 bits per heavy atom. The Morgan fingerprint density at radius 1 is 1.17 bits per heavy atom. The Balaban J connectivity index is 0.00000300. The van der Waals surface area contributed by atoms with Crippen LogP contribution in [0.1, 0.15) is 19.8 Å². The second kappa shape index (κ2) is 11.3. The van der Waals surface area contributed by atoms with E-state index in [1.807, 2.05) is 18.2 Å². The van der Waals surface area contributed by atoms with E-state index in [4.69, 9.17) is 0 Å². The van der Waals surface area contributed by atoms with Crippen LogP contribution >= 0.6 is 24.0 Å². The lowest BCUT2D eigenvalue weighted by atomic mass is 10.00. The van der Waals surface area contributed by atoms with Gasteiger partial charge in [-0.2, -0.15) is 4.31 Å². The fourth-order valence-corrected chi connectivity index (χ4v) is 5.05. The molecule has 0 radical (unpaired) electrons. The predicted octanol–water partition coefficient (Wildman–Crippen LogP) is 1.46. The lowest BCUT2D eigenvalue weighted by molar-refractivity contribution is 0.274. The largest absolute Gasteiger partial charge is 0.355 e. The zero-order valence-corrected chi connectivity index (χ0v) is 20.5. The number of halogens is 1. The van der Waals surface area contributed by atoms with E-state index in [0.29, 0.717) is 32.7 Å². The van der Waals surface area contributed by atoms with Crippen LogP contribution < -0.4 is 10.2 Å². The molecule has 1 aromatic heterocycles. The van der Waals surface area contributed by atoms with Gasteiger partial charge < -0.3 is 15.1 Å². The smallest absolute Gasteiger partial charge is 0.215 e. The van der Waals surface area contributed by atoms with E-state index in [1.165, 1.54) is 0 Å². The molecule has 0 saturated carbocycles. The van der Waals surface area contributed by atoms with Crippen molar-refractivity contribution in [3.63, 3.8) is 0 Å². The quantitative estimate of drug-likeness (QED) is 0.349. The SMILES string of the molecule is CN=C(NCCS(=O)(=O)N1CCN(c2ccccn2)CC1)N1CCC(C)CC1.I. The molecule has 0 unspecified atom stereocenters. The Hall–Kier alpha value is -1.14. The summed E-state index contributed by atoms with van der Waals surface area (Å²) in [4.78, 5) is 13.0. The van der Waals surface area contributed by atoms with Crippen LogP contribution in [0.3, 0.4) is 0 Å². The van der Waals surface area contributed by atoms with E-state index in [-0.39, 0.29) is 29.7 Å². The van der Waals surface area contributed by atoms with Crippen molar-refractivity contribution in [3.05, 3.63) is 24.4 Å². The molecule has 0 spiro atoms. The van der Waals surface area contributed by atoms with Crippen LogP contribution in [0, 0.1) is 5.92 Å². The number of anilines is 1. The molecule has 2 aliphatic heterocycles. The van der Waals surface area contributed by atoms with Gasteiger partial charge in [-0.3, -0.25) is 4.99 Å². The molecule has 3 rings (SSSR count). The maximum absolute atomic E-state index is 12.7. The number of rotatable bonds is 5. The number of piperidine rings is 1. The molecule has 29 heavy (non-hydrogen) atoms. The molecular formula is C19H33IN6O2S. The predicted molar refractivity (Wildman–Crippen MR) is 129 cm³/mol.